The van der Waals surface area contributed by atoms with Crippen LogP contribution in [0.3, 0.4) is 0 Å². The molecular formula is C16H19ClN2OS. The summed E-state index contributed by atoms with van der Waals surface area (Å²) < 4.78 is 5.88. The maximum absolute atomic E-state index is 6.17. The first-order valence-corrected chi connectivity index (χ1v) is 8.52. The van der Waals surface area contributed by atoms with E-state index >= 15 is 0 Å². The van der Waals surface area contributed by atoms with Crippen molar-refractivity contribution in [2.75, 3.05) is 12.8 Å². The van der Waals surface area contributed by atoms with Crippen molar-refractivity contribution in [2.24, 2.45) is 0 Å². The van der Waals surface area contributed by atoms with E-state index < -0.39 is 0 Å². The van der Waals surface area contributed by atoms with Gasteiger partial charge in [0.2, 0.25) is 5.88 Å². The first-order chi connectivity index (χ1) is 10.2. The van der Waals surface area contributed by atoms with Crippen molar-refractivity contribution in [3.63, 3.8) is 0 Å². The lowest BCUT2D eigenvalue weighted by Crippen LogP contribution is -2.15. The maximum atomic E-state index is 6.17. The predicted octanol–water partition coefficient (Wildman–Crippen LogP) is 4.75. The molecule has 5 heteroatoms. The fourth-order valence-corrected chi connectivity index (χ4v) is 2.54. The van der Waals surface area contributed by atoms with Crippen molar-refractivity contribution in [3.8, 4) is 11.6 Å². The van der Waals surface area contributed by atoms with Gasteiger partial charge in [0.15, 0.2) is 0 Å². The molecule has 0 atom stereocenters. The second kappa shape index (κ2) is 8.27. The Balaban J connectivity index is 2.15. The van der Waals surface area contributed by atoms with E-state index in [9.17, 15) is 0 Å². The smallest absolute Gasteiger partial charge is 0.219 e. The number of pyridine rings is 1. The molecule has 112 valence electrons. The molecule has 0 bridgehead atoms. The third-order valence-corrected chi connectivity index (χ3v) is 4.02. The number of aromatic nitrogens is 1. The van der Waals surface area contributed by atoms with Crippen LogP contribution < -0.4 is 10.1 Å². The molecule has 3 nitrogen and oxygen atoms in total. The highest BCUT2D eigenvalue weighted by Crippen LogP contribution is 2.31. The SMILES string of the molecule is CCCNCc1nc(Oc2ccccc2SC)ccc1Cl. The number of nitrogens with one attached hydrogen (secondary N) is 1. The van der Waals surface area contributed by atoms with Gasteiger partial charge in [-0.2, -0.15) is 0 Å². The number of benzene rings is 1. The highest BCUT2D eigenvalue weighted by Gasteiger charge is 2.08. The molecule has 1 heterocycles. The molecule has 0 saturated heterocycles. The van der Waals surface area contributed by atoms with Crippen LogP contribution in [0, 0.1) is 0 Å². The molecule has 0 aliphatic rings. The highest BCUT2D eigenvalue weighted by molar-refractivity contribution is 7.98. The van der Waals surface area contributed by atoms with Crippen LogP contribution in [0.1, 0.15) is 19.0 Å². The Bertz CT molecular complexity index is 592. The molecule has 0 saturated carbocycles. The van der Waals surface area contributed by atoms with E-state index in [1.54, 1.807) is 17.8 Å². The summed E-state index contributed by atoms with van der Waals surface area (Å²) in [5, 5.41) is 3.96. The van der Waals surface area contributed by atoms with Crippen molar-refractivity contribution in [2.45, 2.75) is 24.8 Å². The Morgan fingerprint density at radius 3 is 2.81 bits per heavy atom. The van der Waals surface area contributed by atoms with Gasteiger partial charge in [0.25, 0.3) is 0 Å². The molecule has 0 radical (unpaired) electrons. The molecule has 2 rings (SSSR count). The van der Waals surface area contributed by atoms with Gasteiger partial charge in [-0.25, -0.2) is 4.98 Å². The third kappa shape index (κ3) is 4.63. The second-order valence-electron chi connectivity index (χ2n) is 4.51. The van der Waals surface area contributed by atoms with Gasteiger partial charge >= 0.3 is 0 Å². The minimum Gasteiger partial charge on any atom is -0.438 e. The number of hydrogen-bond acceptors (Lipinski definition) is 4. The van der Waals surface area contributed by atoms with E-state index in [4.69, 9.17) is 16.3 Å². The second-order valence-corrected chi connectivity index (χ2v) is 5.76. The molecule has 1 aromatic carbocycles. The van der Waals surface area contributed by atoms with Gasteiger partial charge in [0, 0.05) is 17.5 Å². The summed E-state index contributed by atoms with van der Waals surface area (Å²) >= 11 is 7.82. The Kier molecular flexibility index (Phi) is 6.36. The summed E-state index contributed by atoms with van der Waals surface area (Å²) in [6, 6.07) is 11.5. The number of thioether (sulfide) groups is 1. The molecule has 0 aliphatic heterocycles. The number of rotatable bonds is 7. The van der Waals surface area contributed by atoms with Crippen LogP contribution in [0.5, 0.6) is 11.6 Å². The summed E-state index contributed by atoms with van der Waals surface area (Å²) in [7, 11) is 0. The predicted molar refractivity (Wildman–Crippen MR) is 89.5 cm³/mol. The number of ether oxygens (including phenoxy) is 1. The van der Waals surface area contributed by atoms with Crippen LogP contribution >= 0.6 is 23.4 Å². The van der Waals surface area contributed by atoms with Crippen LogP contribution in [-0.4, -0.2) is 17.8 Å². The fraction of sp³-hybridized carbons (Fsp3) is 0.312. The average molecular weight is 323 g/mol. The highest BCUT2D eigenvalue weighted by atomic mass is 35.5. The molecule has 0 aliphatic carbocycles. The Hall–Kier alpha value is -1.23. The van der Waals surface area contributed by atoms with Gasteiger partial charge in [0.05, 0.1) is 10.7 Å². The summed E-state index contributed by atoms with van der Waals surface area (Å²) in [6.45, 7) is 3.72. The first kappa shape index (κ1) is 16.1. The van der Waals surface area contributed by atoms with E-state index in [0.29, 0.717) is 17.4 Å². The van der Waals surface area contributed by atoms with Crippen LogP contribution in [0.15, 0.2) is 41.3 Å². The largest absolute Gasteiger partial charge is 0.438 e. The van der Waals surface area contributed by atoms with Gasteiger partial charge in [-0.05, 0) is 37.4 Å². The minimum atomic E-state index is 0.564. The Labute approximate surface area is 135 Å². The molecule has 1 aromatic heterocycles. The van der Waals surface area contributed by atoms with E-state index in [-0.39, 0.29) is 0 Å². The summed E-state index contributed by atoms with van der Waals surface area (Å²) in [5.74, 6) is 1.38. The number of para-hydroxylation sites is 1. The van der Waals surface area contributed by atoms with Crippen molar-refractivity contribution in [1.82, 2.24) is 10.3 Å². The molecule has 21 heavy (non-hydrogen) atoms. The average Bonchev–Trinajstić information content (AvgIpc) is 2.51. The monoisotopic (exact) mass is 322 g/mol. The number of halogens is 1. The van der Waals surface area contributed by atoms with Crippen LogP contribution in [0.2, 0.25) is 5.02 Å². The van der Waals surface area contributed by atoms with Crippen molar-refractivity contribution >= 4 is 23.4 Å². The Morgan fingerprint density at radius 1 is 1.24 bits per heavy atom. The van der Waals surface area contributed by atoms with Gasteiger partial charge < -0.3 is 10.1 Å². The standard InChI is InChI=1S/C16H19ClN2OS/c1-3-10-18-11-13-12(17)8-9-16(19-13)20-14-6-4-5-7-15(14)21-2/h4-9,18H,3,10-11H2,1-2H3. The van der Waals surface area contributed by atoms with E-state index in [1.807, 2.05) is 36.6 Å². The third-order valence-electron chi connectivity index (χ3n) is 2.90. The lowest BCUT2D eigenvalue weighted by atomic mass is 10.3. The quantitative estimate of drug-likeness (QED) is 0.589. The maximum Gasteiger partial charge on any atom is 0.219 e. The normalized spacial score (nSPS) is 10.6. The Morgan fingerprint density at radius 2 is 2.05 bits per heavy atom. The lowest BCUT2D eigenvalue weighted by molar-refractivity contribution is 0.449. The van der Waals surface area contributed by atoms with Gasteiger partial charge in [-0.15, -0.1) is 11.8 Å². The van der Waals surface area contributed by atoms with Crippen LogP contribution in [0.25, 0.3) is 0 Å². The van der Waals surface area contributed by atoms with Crippen molar-refractivity contribution in [3.05, 3.63) is 47.1 Å². The minimum absolute atomic E-state index is 0.564. The molecule has 1 N–H and O–H groups in total. The molecule has 0 unspecified atom stereocenters. The molecule has 0 fully saturated rings. The lowest BCUT2D eigenvalue weighted by Gasteiger charge is -2.11. The van der Waals surface area contributed by atoms with Crippen molar-refractivity contribution in [1.29, 1.82) is 0 Å². The number of nitrogens with zero attached hydrogens (tertiary/aromatic N) is 1. The van der Waals surface area contributed by atoms with E-state index in [1.165, 1.54) is 0 Å². The summed E-state index contributed by atoms with van der Waals surface area (Å²) in [4.78, 5) is 5.57. The zero-order chi connectivity index (χ0) is 15.1. The molecule has 0 amide bonds. The zero-order valence-corrected chi connectivity index (χ0v) is 13.8. The first-order valence-electron chi connectivity index (χ1n) is 6.91. The summed E-state index contributed by atoms with van der Waals surface area (Å²) in [6.07, 6.45) is 3.10. The zero-order valence-electron chi connectivity index (χ0n) is 12.2. The fourth-order valence-electron chi connectivity index (χ4n) is 1.84. The van der Waals surface area contributed by atoms with Crippen molar-refractivity contribution < 1.29 is 4.74 Å². The summed E-state index contributed by atoms with van der Waals surface area (Å²) in [5.41, 5.74) is 0.809. The molecule has 0 spiro atoms. The molecular weight excluding hydrogens is 304 g/mol. The van der Waals surface area contributed by atoms with Crippen LogP contribution in [0.4, 0.5) is 0 Å². The van der Waals surface area contributed by atoms with Crippen LogP contribution in [-0.2, 0) is 6.54 Å². The topological polar surface area (TPSA) is 34.2 Å². The van der Waals surface area contributed by atoms with Gasteiger partial charge in [-0.1, -0.05) is 30.7 Å². The van der Waals surface area contributed by atoms with E-state index in [0.717, 1.165) is 29.3 Å². The van der Waals surface area contributed by atoms with Gasteiger partial charge in [-0.3, -0.25) is 0 Å². The van der Waals surface area contributed by atoms with E-state index in [2.05, 4.69) is 17.2 Å². The number of hydrogen-bond donors (Lipinski definition) is 1. The molecule has 2 aromatic rings. The van der Waals surface area contributed by atoms with Gasteiger partial charge in [0.1, 0.15) is 5.75 Å².